The van der Waals surface area contributed by atoms with Gasteiger partial charge in [0, 0.05) is 16.6 Å². The first-order valence-corrected chi connectivity index (χ1v) is 7.73. The van der Waals surface area contributed by atoms with Gasteiger partial charge in [0.2, 0.25) is 0 Å². The lowest BCUT2D eigenvalue weighted by Crippen LogP contribution is -2.44. The lowest BCUT2D eigenvalue weighted by molar-refractivity contribution is -0.00376. The van der Waals surface area contributed by atoms with Crippen molar-refractivity contribution in [3.63, 3.8) is 0 Å². The van der Waals surface area contributed by atoms with Gasteiger partial charge < -0.3 is 15.4 Å². The zero-order valence-electron chi connectivity index (χ0n) is 13.2. The van der Waals surface area contributed by atoms with Crippen molar-refractivity contribution >= 4 is 29.3 Å². The van der Waals surface area contributed by atoms with Gasteiger partial charge in [-0.15, -0.1) is 0 Å². The Morgan fingerprint density at radius 3 is 2.43 bits per heavy atom. The molecule has 23 heavy (non-hydrogen) atoms. The fourth-order valence-electron chi connectivity index (χ4n) is 1.62. The minimum absolute atomic E-state index is 0.165. The maximum Gasteiger partial charge on any atom is 0.407 e. The summed E-state index contributed by atoms with van der Waals surface area (Å²) in [6.07, 6.45) is -0.877. The Morgan fingerprint density at radius 1 is 1.22 bits per heavy atom. The molecule has 0 saturated carbocycles. The lowest BCUT2D eigenvalue weighted by atomic mass is 10.2. The third-order valence-corrected chi connectivity index (χ3v) is 3.19. The predicted octanol–water partition coefficient (Wildman–Crippen LogP) is 4.24. The van der Waals surface area contributed by atoms with E-state index in [1.165, 1.54) is 0 Å². The van der Waals surface area contributed by atoms with Crippen molar-refractivity contribution in [2.24, 2.45) is 0 Å². The number of alkyl carbamates (subject to hydrolysis) is 1. The number of rotatable bonds is 6. The Morgan fingerprint density at radius 2 is 1.87 bits per heavy atom. The van der Waals surface area contributed by atoms with Crippen molar-refractivity contribution < 1.29 is 18.3 Å². The van der Waals surface area contributed by atoms with Crippen molar-refractivity contribution in [2.45, 2.75) is 38.8 Å². The van der Waals surface area contributed by atoms with E-state index in [0.29, 0.717) is 15.6 Å². The van der Waals surface area contributed by atoms with Crippen LogP contribution in [0.2, 0.25) is 10.0 Å². The summed E-state index contributed by atoms with van der Waals surface area (Å²) < 4.78 is 32.3. The van der Waals surface area contributed by atoms with Gasteiger partial charge in [-0.1, -0.05) is 29.3 Å². The third-order valence-electron chi connectivity index (χ3n) is 2.60. The highest BCUT2D eigenvalue weighted by Crippen LogP contribution is 2.21. The van der Waals surface area contributed by atoms with E-state index in [1.807, 2.05) is 0 Å². The summed E-state index contributed by atoms with van der Waals surface area (Å²) >= 11 is 11.7. The summed E-state index contributed by atoms with van der Waals surface area (Å²) in [6, 6.07) is 4.84. The average Bonchev–Trinajstić information content (AvgIpc) is 2.37. The van der Waals surface area contributed by atoms with Crippen LogP contribution in [0, 0.1) is 0 Å². The number of amides is 1. The molecule has 0 spiro atoms. The molecule has 0 unspecified atom stereocenters. The molecule has 0 fully saturated rings. The van der Waals surface area contributed by atoms with Gasteiger partial charge in [0.05, 0.1) is 13.1 Å². The minimum atomic E-state index is -3.12. The Hall–Kier alpha value is -1.11. The van der Waals surface area contributed by atoms with Gasteiger partial charge in [-0.2, -0.15) is 0 Å². The van der Waals surface area contributed by atoms with Gasteiger partial charge in [-0.3, -0.25) is 0 Å². The first-order valence-electron chi connectivity index (χ1n) is 6.98. The van der Waals surface area contributed by atoms with Gasteiger partial charge in [-0.05, 0) is 38.5 Å². The summed E-state index contributed by atoms with van der Waals surface area (Å²) in [5, 5.41) is 5.54. The molecule has 1 aromatic rings. The first kappa shape index (κ1) is 19.9. The van der Waals surface area contributed by atoms with Crippen LogP contribution in [-0.4, -0.2) is 30.7 Å². The monoisotopic (exact) mass is 368 g/mol. The Labute approximate surface area is 144 Å². The van der Waals surface area contributed by atoms with E-state index in [9.17, 15) is 13.6 Å². The van der Waals surface area contributed by atoms with Gasteiger partial charge >= 0.3 is 6.09 Å². The normalized spacial score (nSPS) is 12.1. The average molecular weight is 369 g/mol. The maximum absolute atomic E-state index is 13.7. The molecule has 1 rings (SSSR count). The van der Waals surface area contributed by atoms with Crippen molar-refractivity contribution in [3.8, 4) is 0 Å². The number of hydrogen-bond acceptors (Lipinski definition) is 3. The molecule has 0 atom stereocenters. The fraction of sp³-hybridized carbons (Fsp3) is 0.533. The van der Waals surface area contributed by atoms with Crippen LogP contribution in [0.4, 0.5) is 13.6 Å². The van der Waals surface area contributed by atoms with E-state index in [4.69, 9.17) is 27.9 Å². The van der Waals surface area contributed by atoms with E-state index >= 15 is 0 Å². The number of halogens is 4. The van der Waals surface area contributed by atoms with Crippen molar-refractivity contribution in [1.29, 1.82) is 0 Å². The lowest BCUT2D eigenvalue weighted by Gasteiger charge is -2.22. The van der Waals surface area contributed by atoms with Crippen LogP contribution >= 0.6 is 23.2 Å². The number of carbonyl (C=O) groups excluding carboxylic acids is 1. The molecule has 0 aromatic heterocycles. The standard InChI is InChI=1S/C15H20Cl2F2N2O2/c1-14(2,3)23-13(22)21-9-15(18,19)8-20-7-10-4-5-11(16)6-12(10)17/h4-6,20H,7-9H2,1-3H3,(H,21,22). The van der Waals surface area contributed by atoms with Gasteiger partial charge in [0.1, 0.15) is 5.60 Å². The maximum atomic E-state index is 13.7. The van der Waals surface area contributed by atoms with E-state index in [0.717, 1.165) is 0 Å². The van der Waals surface area contributed by atoms with Crippen LogP contribution in [0.25, 0.3) is 0 Å². The van der Waals surface area contributed by atoms with Gasteiger partial charge in [-0.25, -0.2) is 13.6 Å². The Balaban J connectivity index is 2.39. The van der Waals surface area contributed by atoms with Gasteiger partial charge in [0.25, 0.3) is 5.92 Å². The predicted molar refractivity (Wildman–Crippen MR) is 87.4 cm³/mol. The molecule has 130 valence electrons. The van der Waals surface area contributed by atoms with Crippen LogP contribution in [0.1, 0.15) is 26.3 Å². The molecule has 0 saturated heterocycles. The number of hydrogen-bond donors (Lipinski definition) is 2. The molecule has 8 heteroatoms. The van der Waals surface area contributed by atoms with E-state index in [-0.39, 0.29) is 6.54 Å². The highest BCUT2D eigenvalue weighted by Gasteiger charge is 2.30. The second-order valence-corrected chi connectivity index (χ2v) is 6.89. The second kappa shape index (κ2) is 8.13. The number of ether oxygens (including phenoxy) is 1. The van der Waals surface area contributed by atoms with E-state index in [2.05, 4.69) is 10.6 Å². The highest BCUT2D eigenvalue weighted by atomic mass is 35.5. The second-order valence-electron chi connectivity index (χ2n) is 6.05. The summed E-state index contributed by atoms with van der Waals surface area (Å²) in [7, 11) is 0. The van der Waals surface area contributed by atoms with Gasteiger partial charge in [0.15, 0.2) is 0 Å². The zero-order chi connectivity index (χ0) is 17.7. The number of nitrogens with one attached hydrogen (secondary N) is 2. The minimum Gasteiger partial charge on any atom is -0.444 e. The summed E-state index contributed by atoms with van der Waals surface area (Å²) in [4.78, 5) is 11.4. The third kappa shape index (κ3) is 8.34. The van der Waals surface area contributed by atoms with Crippen molar-refractivity contribution in [3.05, 3.63) is 33.8 Å². The number of alkyl halides is 2. The quantitative estimate of drug-likeness (QED) is 0.789. The SMILES string of the molecule is CC(C)(C)OC(=O)NCC(F)(F)CNCc1ccc(Cl)cc1Cl. The molecule has 1 amide bonds. The van der Waals surface area contributed by atoms with E-state index < -0.39 is 30.7 Å². The molecule has 0 bridgehead atoms. The van der Waals surface area contributed by atoms with Crippen LogP contribution in [0.5, 0.6) is 0 Å². The Bertz CT molecular complexity index is 549. The fourth-order valence-corrected chi connectivity index (χ4v) is 2.10. The smallest absolute Gasteiger partial charge is 0.407 e. The summed E-state index contributed by atoms with van der Waals surface area (Å²) in [5.74, 6) is -3.12. The van der Waals surface area contributed by atoms with Crippen molar-refractivity contribution in [2.75, 3.05) is 13.1 Å². The topological polar surface area (TPSA) is 50.4 Å². The molecule has 0 heterocycles. The van der Waals surface area contributed by atoms with Crippen LogP contribution in [-0.2, 0) is 11.3 Å². The molecule has 1 aromatic carbocycles. The first-order chi connectivity index (χ1) is 10.5. The Kier molecular flexibility index (Phi) is 7.04. The number of benzene rings is 1. The molecule has 0 aliphatic heterocycles. The molecule has 0 aliphatic rings. The highest BCUT2D eigenvalue weighted by molar-refractivity contribution is 6.35. The summed E-state index contributed by atoms with van der Waals surface area (Å²) in [6.45, 7) is 3.70. The van der Waals surface area contributed by atoms with Crippen LogP contribution in [0.3, 0.4) is 0 Å². The molecule has 0 radical (unpaired) electrons. The van der Waals surface area contributed by atoms with Crippen LogP contribution in [0.15, 0.2) is 18.2 Å². The largest absolute Gasteiger partial charge is 0.444 e. The van der Waals surface area contributed by atoms with E-state index in [1.54, 1.807) is 39.0 Å². The zero-order valence-corrected chi connectivity index (χ0v) is 14.7. The van der Waals surface area contributed by atoms with Crippen molar-refractivity contribution in [1.82, 2.24) is 10.6 Å². The molecular weight excluding hydrogens is 349 g/mol. The molecule has 0 aliphatic carbocycles. The number of carbonyl (C=O) groups is 1. The van der Waals surface area contributed by atoms with Crippen LogP contribution < -0.4 is 10.6 Å². The molecular formula is C15H20Cl2F2N2O2. The molecule has 4 nitrogen and oxygen atoms in total. The molecule has 2 N–H and O–H groups in total. The summed E-state index contributed by atoms with van der Waals surface area (Å²) in [5.41, 5.74) is -0.0740.